The number of ether oxygens (including phenoxy) is 4. The number of para-hydroxylation sites is 1. The van der Waals surface area contributed by atoms with Gasteiger partial charge in [-0.3, -0.25) is 0 Å². The molecule has 3 rings (SSSR count). The van der Waals surface area contributed by atoms with Crippen LogP contribution in [0.4, 0.5) is 0 Å². The summed E-state index contributed by atoms with van der Waals surface area (Å²) in [5.74, 6) is 13.4. The van der Waals surface area contributed by atoms with Gasteiger partial charge < -0.3 is 18.9 Å². The van der Waals surface area contributed by atoms with Crippen LogP contribution in [0.25, 0.3) is 0 Å². The smallest absolute Gasteiger partial charge is 0.335 e. The van der Waals surface area contributed by atoms with Crippen molar-refractivity contribution in [3.8, 4) is 35.2 Å². The van der Waals surface area contributed by atoms with E-state index < -0.39 is 6.10 Å². The molecule has 0 aliphatic rings. The van der Waals surface area contributed by atoms with Crippen LogP contribution < -0.4 is 9.47 Å². The Labute approximate surface area is 265 Å². The van der Waals surface area contributed by atoms with E-state index in [1.165, 1.54) is 0 Å². The predicted octanol–water partition coefficient (Wildman–Crippen LogP) is 7.70. The second-order valence-electron chi connectivity index (χ2n) is 8.64. The highest BCUT2D eigenvalue weighted by Gasteiger charge is 2.21. The van der Waals surface area contributed by atoms with Crippen LogP contribution >= 0.6 is 31.9 Å². The summed E-state index contributed by atoms with van der Waals surface area (Å²) in [6, 6.07) is 21.2. The van der Waals surface area contributed by atoms with Crippen molar-refractivity contribution in [3.05, 3.63) is 117 Å². The molecule has 5 nitrogen and oxygen atoms in total. The number of hydrogen-bond acceptors (Lipinski definition) is 5. The van der Waals surface area contributed by atoms with Crippen LogP contribution in [0, 0.1) is 23.7 Å². The SMILES string of the molecule is CCOC(=O)C(Cc1ccc(OC/C=C/C#Cc2ccc(C#C/C=C/COc3ccccc3Br)cc2)c(Br)c1)OCC. The number of halogens is 2. The van der Waals surface area contributed by atoms with Crippen LogP contribution in [0.2, 0.25) is 0 Å². The van der Waals surface area contributed by atoms with Crippen molar-refractivity contribution in [2.75, 3.05) is 26.4 Å². The summed E-state index contributed by atoms with van der Waals surface area (Å²) >= 11 is 7.01. The molecule has 42 heavy (non-hydrogen) atoms. The molecule has 0 aliphatic carbocycles. The Balaban J connectivity index is 1.42. The fourth-order valence-corrected chi connectivity index (χ4v) is 4.53. The second kappa shape index (κ2) is 18.6. The van der Waals surface area contributed by atoms with E-state index >= 15 is 0 Å². The summed E-state index contributed by atoms with van der Waals surface area (Å²) in [6.07, 6.45) is 7.08. The number of esters is 1. The van der Waals surface area contributed by atoms with Crippen LogP contribution in [0.15, 0.2) is 100.0 Å². The second-order valence-corrected chi connectivity index (χ2v) is 10.3. The normalized spacial score (nSPS) is 11.3. The molecule has 3 aromatic carbocycles. The van der Waals surface area contributed by atoms with Gasteiger partial charge in [-0.2, -0.15) is 0 Å². The van der Waals surface area contributed by atoms with Gasteiger partial charge in [-0.05, 0) is 124 Å². The van der Waals surface area contributed by atoms with Gasteiger partial charge in [0.15, 0.2) is 6.10 Å². The average Bonchev–Trinajstić information content (AvgIpc) is 2.99. The summed E-state index contributed by atoms with van der Waals surface area (Å²) in [7, 11) is 0. The first-order valence-corrected chi connectivity index (χ1v) is 15.1. The lowest BCUT2D eigenvalue weighted by atomic mass is 10.1. The van der Waals surface area contributed by atoms with Gasteiger partial charge in [0.2, 0.25) is 0 Å². The molecule has 0 aliphatic heterocycles. The molecule has 0 radical (unpaired) electrons. The molecule has 1 atom stereocenters. The van der Waals surface area contributed by atoms with E-state index in [0.29, 0.717) is 38.6 Å². The fraction of sp³-hybridized carbons (Fsp3) is 0.229. The minimum absolute atomic E-state index is 0.322. The van der Waals surface area contributed by atoms with Gasteiger partial charge >= 0.3 is 5.97 Å². The molecular formula is C35H32Br2O5. The number of carbonyl (C=O) groups is 1. The standard InChI is InChI=1S/C35H32Br2O5/c1-3-39-34(35(38)40-4-2)26-29-21-22-33(31(37)25-29)42-24-12-6-8-14-28-19-17-27(18-20-28)13-7-5-11-23-41-32-16-10-9-15-30(32)36/h5-6,9-12,15-22,25,34H,3-4,23-24,26H2,1-2H3/b11-5+,12-6+. The molecule has 216 valence electrons. The number of benzene rings is 3. The Kier molecular flexibility index (Phi) is 14.5. The molecule has 0 spiro atoms. The van der Waals surface area contributed by atoms with Crippen molar-refractivity contribution >= 4 is 37.8 Å². The van der Waals surface area contributed by atoms with Crippen molar-refractivity contribution in [1.82, 2.24) is 0 Å². The molecule has 0 aromatic heterocycles. The fourth-order valence-electron chi connectivity index (χ4n) is 3.59. The molecule has 0 bridgehead atoms. The first-order chi connectivity index (χ1) is 20.5. The summed E-state index contributed by atoms with van der Waals surface area (Å²) in [6.45, 7) is 5.21. The average molecular weight is 692 g/mol. The van der Waals surface area contributed by atoms with Crippen LogP contribution in [0.5, 0.6) is 11.5 Å². The molecule has 0 saturated heterocycles. The van der Waals surface area contributed by atoms with Gasteiger partial charge in [-0.1, -0.05) is 41.9 Å². The lowest BCUT2D eigenvalue weighted by Gasteiger charge is -2.16. The zero-order valence-electron chi connectivity index (χ0n) is 23.6. The van der Waals surface area contributed by atoms with Crippen molar-refractivity contribution in [3.63, 3.8) is 0 Å². The van der Waals surface area contributed by atoms with Crippen LogP contribution in [0.3, 0.4) is 0 Å². The van der Waals surface area contributed by atoms with E-state index in [9.17, 15) is 4.79 Å². The molecule has 0 saturated carbocycles. The summed E-state index contributed by atoms with van der Waals surface area (Å²) < 4.78 is 23.9. The summed E-state index contributed by atoms with van der Waals surface area (Å²) in [5, 5.41) is 0. The van der Waals surface area contributed by atoms with Crippen molar-refractivity contribution < 1.29 is 23.7 Å². The molecule has 0 heterocycles. The van der Waals surface area contributed by atoms with Gasteiger partial charge in [0.1, 0.15) is 24.7 Å². The Hall–Kier alpha value is -3.75. The van der Waals surface area contributed by atoms with Gasteiger partial charge in [0, 0.05) is 24.2 Å². The molecule has 7 heteroatoms. The molecule has 1 unspecified atom stereocenters. The Bertz CT molecular complexity index is 1490. The highest BCUT2D eigenvalue weighted by molar-refractivity contribution is 9.10. The highest BCUT2D eigenvalue weighted by Crippen LogP contribution is 2.27. The zero-order chi connectivity index (χ0) is 30.0. The highest BCUT2D eigenvalue weighted by atomic mass is 79.9. The van der Waals surface area contributed by atoms with E-state index in [-0.39, 0.29) is 5.97 Å². The van der Waals surface area contributed by atoms with E-state index in [1.54, 1.807) is 19.1 Å². The first-order valence-electron chi connectivity index (χ1n) is 13.5. The number of carbonyl (C=O) groups excluding carboxylic acids is 1. The minimum atomic E-state index is -0.629. The maximum absolute atomic E-state index is 12.1. The minimum Gasteiger partial charge on any atom is -0.488 e. The van der Waals surface area contributed by atoms with Crippen LogP contribution in [-0.2, 0) is 20.7 Å². The monoisotopic (exact) mass is 690 g/mol. The molecule has 3 aromatic rings. The maximum atomic E-state index is 12.1. The van der Waals surface area contributed by atoms with Gasteiger partial charge in [-0.15, -0.1) is 0 Å². The third-order valence-corrected chi connectivity index (χ3v) is 6.84. The third-order valence-electron chi connectivity index (χ3n) is 5.56. The van der Waals surface area contributed by atoms with Gasteiger partial charge in [0.05, 0.1) is 15.6 Å². The molecule has 0 amide bonds. The van der Waals surface area contributed by atoms with Crippen molar-refractivity contribution in [1.29, 1.82) is 0 Å². The van der Waals surface area contributed by atoms with Gasteiger partial charge in [0.25, 0.3) is 0 Å². The predicted molar refractivity (Wildman–Crippen MR) is 174 cm³/mol. The number of allylic oxidation sites excluding steroid dienone is 2. The molecule has 0 N–H and O–H groups in total. The number of rotatable bonds is 12. The van der Waals surface area contributed by atoms with E-state index in [0.717, 1.165) is 31.4 Å². The van der Waals surface area contributed by atoms with Gasteiger partial charge in [-0.25, -0.2) is 4.79 Å². The largest absolute Gasteiger partial charge is 0.488 e. The molecule has 0 fully saturated rings. The summed E-state index contributed by atoms with van der Waals surface area (Å²) in [5.41, 5.74) is 2.75. The molecular weight excluding hydrogens is 660 g/mol. The van der Waals surface area contributed by atoms with Crippen molar-refractivity contribution in [2.45, 2.75) is 26.4 Å². The van der Waals surface area contributed by atoms with Crippen LogP contribution in [0.1, 0.15) is 30.5 Å². The maximum Gasteiger partial charge on any atom is 0.335 e. The van der Waals surface area contributed by atoms with E-state index in [4.69, 9.17) is 18.9 Å². The lowest BCUT2D eigenvalue weighted by Crippen LogP contribution is -2.29. The number of hydrogen-bond donors (Lipinski definition) is 0. The Morgan fingerprint density at radius 2 is 1.38 bits per heavy atom. The topological polar surface area (TPSA) is 54.0 Å². The lowest BCUT2D eigenvalue weighted by molar-refractivity contribution is -0.156. The zero-order valence-corrected chi connectivity index (χ0v) is 26.7. The summed E-state index contributed by atoms with van der Waals surface area (Å²) in [4.78, 5) is 12.1. The van der Waals surface area contributed by atoms with Crippen molar-refractivity contribution in [2.24, 2.45) is 0 Å². The van der Waals surface area contributed by atoms with E-state index in [1.807, 2.05) is 85.8 Å². The Morgan fingerprint density at radius 1 is 0.786 bits per heavy atom. The quantitative estimate of drug-likeness (QED) is 0.144. The Morgan fingerprint density at radius 3 is 1.93 bits per heavy atom. The third kappa shape index (κ3) is 11.6. The van der Waals surface area contributed by atoms with Crippen LogP contribution in [-0.4, -0.2) is 38.5 Å². The first kappa shape index (κ1) is 32.8. The van der Waals surface area contributed by atoms with E-state index in [2.05, 4.69) is 55.5 Å².